The number of nitrogens with one attached hydrogen (secondary N) is 4. The summed E-state index contributed by atoms with van der Waals surface area (Å²) in [5, 5.41) is 10.5. The monoisotopic (exact) mass is 816 g/mol. The van der Waals surface area contributed by atoms with Gasteiger partial charge in [0.2, 0.25) is 29.5 Å². The predicted molar refractivity (Wildman–Crippen MR) is 194 cm³/mol. The Labute approximate surface area is 303 Å². The van der Waals surface area contributed by atoms with Gasteiger partial charge in [0.1, 0.15) is 24.3 Å². The molecule has 3 rings (SSSR count). The molecule has 272 valence electrons. The second-order valence-corrected chi connectivity index (χ2v) is 15.8. The summed E-state index contributed by atoms with van der Waals surface area (Å²) in [6.07, 6.45) is 1.29. The number of carbonyl (C=O) groups is 6. The third-order valence-electron chi connectivity index (χ3n) is 8.32. The lowest BCUT2D eigenvalue weighted by Crippen LogP contribution is -2.63. The summed E-state index contributed by atoms with van der Waals surface area (Å²) in [6.45, 7) is 11.1. The molecule has 1 spiro atoms. The molecule has 0 aliphatic carbocycles. The van der Waals surface area contributed by atoms with Crippen LogP contribution in [0, 0.1) is 11.3 Å². The largest absolute Gasteiger partial charge is 0.444 e. The van der Waals surface area contributed by atoms with Crippen LogP contribution < -0.4 is 21.3 Å². The average Bonchev–Trinajstić information content (AvgIpc) is 3.02. The smallest absolute Gasteiger partial charge is 0.408 e. The average molecular weight is 817 g/mol. The van der Waals surface area contributed by atoms with Crippen LogP contribution >= 0.6 is 28.5 Å². The van der Waals surface area contributed by atoms with Crippen LogP contribution in [0.15, 0.2) is 30.3 Å². The maximum Gasteiger partial charge on any atom is 0.408 e. The molecule has 6 amide bonds. The van der Waals surface area contributed by atoms with Crippen LogP contribution in [0.1, 0.15) is 59.4 Å². The van der Waals surface area contributed by atoms with Gasteiger partial charge in [-0.05, 0) is 73.6 Å². The predicted octanol–water partition coefficient (Wildman–Crippen LogP) is 2.30. The number of nitrogens with zero attached hydrogens (tertiary/aromatic N) is 2. The van der Waals surface area contributed by atoms with E-state index in [0.717, 1.165) is 18.4 Å². The van der Waals surface area contributed by atoms with Gasteiger partial charge in [0, 0.05) is 38.0 Å². The minimum absolute atomic E-state index is 0.0103. The number of piperidine rings is 1. The summed E-state index contributed by atoms with van der Waals surface area (Å²) in [7, 11) is 0. The second kappa shape index (κ2) is 18.8. The fraction of sp³-hybridized carbons (Fsp3) is 0.636. The van der Waals surface area contributed by atoms with Crippen LogP contribution in [0.25, 0.3) is 0 Å². The lowest BCUT2D eigenvalue weighted by Gasteiger charge is -2.53. The highest BCUT2D eigenvalue weighted by atomic mass is 127. The zero-order chi connectivity index (χ0) is 36.2. The van der Waals surface area contributed by atoms with Crippen molar-refractivity contribution in [2.45, 2.75) is 78.0 Å². The summed E-state index contributed by atoms with van der Waals surface area (Å²) in [5.41, 5.74) is 0.0586. The Morgan fingerprint density at radius 3 is 2.08 bits per heavy atom. The molecule has 2 heterocycles. The number of rotatable bonds is 15. The van der Waals surface area contributed by atoms with Crippen molar-refractivity contribution in [3.63, 3.8) is 0 Å². The van der Waals surface area contributed by atoms with Gasteiger partial charge in [0.15, 0.2) is 0 Å². The topological polar surface area (TPSA) is 175 Å². The molecule has 2 fully saturated rings. The number of hydrogen-bond donors (Lipinski definition) is 4. The number of alkyl carbamates (subject to hydrolysis) is 1. The van der Waals surface area contributed by atoms with Gasteiger partial charge in [-0.15, -0.1) is 0 Å². The first kappa shape index (κ1) is 40.4. The molecule has 1 aromatic carbocycles. The number of benzene rings is 1. The molecule has 0 aromatic heterocycles. The molecule has 2 unspecified atom stereocenters. The number of likely N-dealkylation sites (tertiary alicyclic amines) is 2. The first-order valence-corrected chi connectivity index (χ1v) is 20.5. The Morgan fingerprint density at radius 2 is 1.49 bits per heavy atom. The van der Waals surface area contributed by atoms with Gasteiger partial charge in [0.05, 0.1) is 19.5 Å². The molecule has 14 nitrogen and oxygen atoms in total. The number of amides is 6. The summed E-state index contributed by atoms with van der Waals surface area (Å²) in [6, 6.07) is 7.19. The first-order valence-electron chi connectivity index (χ1n) is 16.5. The van der Waals surface area contributed by atoms with Gasteiger partial charge in [-0.3, -0.25) is 24.0 Å². The first-order chi connectivity index (χ1) is 23.1. The van der Waals surface area contributed by atoms with E-state index in [1.807, 2.05) is 44.2 Å². The molecule has 0 radical (unpaired) electrons. The van der Waals surface area contributed by atoms with E-state index in [-0.39, 0.29) is 49.2 Å². The molecule has 2 saturated heterocycles. The molecule has 2 aliphatic heterocycles. The number of ether oxygens (including phenoxy) is 1. The summed E-state index contributed by atoms with van der Waals surface area (Å²) >= 11 is 2.08. The van der Waals surface area contributed by atoms with Crippen molar-refractivity contribution in [2.24, 2.45) is 11.3 Å². The highest BCUT2D eigenvalue weighted by Gasteiger charge is 2.47. The summed E-state index contributed by atoms with van der Waals surface area (Å²) < 4.78 is 10.6. The summed E-state index contributed by atoms with van der Waals surface area (Å²) in [5.74, 6) is -1.84. The highest BCUT2D eigenvalue weighted by Crippen LogP contribution is 2.40. The minimum Gasteiger partial charge on any atom is -0.444 e. The van der Waals surface area contributed by atoms with E-state index >= 15 is 0 Å². The fourth-order valence-electron chi connectivity index (χ4n) is 5.81. The number of carbonyl (C=O) groups excluding carboxylic acids is 6. The van der Waals surface area contributed by atoms with Gasteiger partial charge < -0.3 is 40.3 Å². The fourth-order valence-corrected chi connectivity index (χ4v) is 6.46. The molecule has 16 heteroatoms. The SMILES string of the molecule is CC(C)CC(NC(=O)CNC(=O)[C@@H](Cc1ccccc1)NC(=O)OC(C)(C)C)C(=O)NCC(=O)N1CCC2(CC1)CN(C(=O)COPI)C2. The van der Waals surface area contributed by atoms with E-state index < -0.39 is 48.0 Å². The van der Waals surface area contributed by atoms with Gasteiger partial charge >= 0.3 is 6.09 Å². The zero-order valence-electron chi connectivity index (χ0n) is 28.9. The molecule has 2 aliphatic rings. The van der Waals surface area contributed by atoms with E-state index in [0.29, 0.717) is 32.6 Å². The molecular weight excluding hydrogens is 766 g/mol. The molecule has 0 saturated carbocycles. The maximum absolute atomic E-state index is 13.1. The van der Waals surface area contributed by atoms with Crippen molar-refractivity contribution in [1.29, 1.82) is 0 Å². The third-order valence-corrected chi connectivity index (χ3v) is 9.51. The highest BCUT2D eigenvalue weighted by molar-refractivity contribution is 14.2. The van der Waals surface area contributed by atoms with Gasteiger partial charge in [-0.25, -0.2) is 4.79 Å². The van der Waals surface area contributed by atoms with Crippen molar-refractivity contribution in [2.75, 3.05) is 45.9 Å². The van der Waals surface area contributed by atoms with Crippen LogP contribution in [0.4, 0.5) is 4.79 Å². The molecule has 3 atom stereocenters. The Kier molecular flexibility index (Phi) is 15.5. The van der Waals surface area contributed by atoms with E-state index in [1.54, 1.807) is 30.6 Å². The Morgan fingerprint density at radius 1 is 0.878 bits per heavy atom. The van der Waals surface area contributed by atoms with E-state index in [2.05, 4.69) is 43.3 Å². The summed E-state index contributed by atoms with van der Waals surface area (Å²) in [4.78, 5) is 80.3. The Balaban J connectivity index is 1.47. The maximum atomic E-state index is 13.1. The van der Waals surface area contributed by atoms with Crippen molar-refractivity contribution < 1.29 is 38.0 Å². The normalized spacial score (nSPS) is 16.9. The van der Waals surface area contributed by atoms with Crippen molar-refractivity contribution in [1.82, 2.24) is 31.1 Å². The number of hydrogen-bond acceptors (Lipinski definition) is 8. The van der Waals surface area contributed by atoms with Gasteiger partial charge in [0.25, 0.3) is 0 Å². The zero-order valence-corrected chi connectivity index (χ0v) is 32.1. The standard InChI is InChI=1S/C33H50IN6O8P/c1-22(2)15-24(29(44)36-18-27(42)39-13-11-33(12-14-39)20-40(21-33)28(43)19-47-49-34)37-26(41)17-35-30(45)25(16-23-9-7-6-8-10-23)38-31(46)48-32(3,4)5/h6-10,22,24-25,49H,11-21H2,1-5H3,(H,35,45)(H,36,44)(H,37,41)(H,38,46)/t24?,25-/m1/s1. The van der Waals surface area contributed by atoms with Crippen LogP contribution in [0.5, 0.6) is 0 Å². The lowest BCUT2D eigenvalue weighted by molar-refractivity contribution is -0.151. The van der Waals surface area contributed by atoms with Crippen LogP contribution in [-0.2, 0) is 39.7 Å². The van der Waals surface area contributed by atoms with E-state index in [1.165, 1.54) is 0 Å². The van der Waals surface area contributed by atoms with Crippen LogP contribution in [0.2, 0.25) is 0 Å². The molecule has 49 heavy (non-hydrogen) atoms. The van der Waals surface area contributed by atoms with E-state index in [4.69, 9.17) is 9.26 Å². The molecule has 4 N–H and O–H groups in total. The minimum atomic E-state index is -1.01. The van der Waals surface area contributed by atoms with Gasteiger partial charge in [-0.1, -0.05) is 44.2 Å². The third kappa shape index (κ3) is 13.7. The van der Waals surface area contributed by atoms with Crippen molar-refractivity contribution in [3.8, 4) is 0 Å². The van der Waals surface area contributed by atoms with Crippen LogP contribution in [-0.4, -0.2) is 109 Å². The number of halogens is 1. The molecule has 1 aromatic rings. The van der Waals surface area contributed by atoms with Crippen LogP contribution in [0.3, 0.4) is 0 Å². The second-order valence-electron chi connectivity index (χ2n) is 14.1. The van der Waals surface area contributed by atoms with E-state index in [9.17, 15) is 28.8 Å². The lowest BCUT2D eigenvalue weighted by atomic mass is 9.72. The Bertz CT molecular complexity index is 1310. The molecule has 0 bridgehead atoms. The quantitative estimate of drug-likeness (QED) is 0.154. The molecular formula is C33H50IN6O8P. The Hall–Kier alpha value is -3.04. The van der Waals surface area contributed by atoms with Crippen molar-refractivity contribution in [3.05, 3.63) is 35.9 Å². The van der Waals surface area contributed by atoms with Gasteiger partial charge in [-0.2, -0.15) is 0 Å². The van der Waals surface area contributed by atoms with Crippen molar-refractivity contribution >= 4 is 64.1 Å².